The molecular weight excluding hydrogens is 268 g/mol. The summed E-state index contributed by atoms with van der Waals surface area (Å²) in [5.41, 5.74) is 1.04. The molecule has 2 heterocycles. The van der Waals surface area contributed by atoms with E-state index >= 15 is 0 Å². The second-order valence-electron chi connectivity index (χ2n) is 6.81. The largest absolute Gasteiger partial charge is 0.385 e. The first kappa shape index (κ1) is 15.0. The molecule has 1 aliphatic carbocycles. The van der Waals surface area contributed by atoms with Crippen molar-refractivity contribution in [2.45, 2.75) is 69.2 Å². The molecule has 2 unspecified atom stereocenters. The van der Waals surface area contributed by atoms with Crippen molar-refractivity contribution < 1.29 is 14.2 Å². The topological polar surface area (TPSA) is 27.7 Å². The Kier molecular flexibility index (Phi) is 5.95. The molecule has 2 atom stereocenters. The van der Waals surface area contributed by atoms with E-state index in [1.165, 1.54) is 57.8 Å². The Labute approximate surface area is 125 Å². The highest BCUT2D eigenvalue weighted by atomic mass is 28.3. The van der Waals surface area contributed by atoms with Crippen LogP contribution in [0.15, 0.2) is 0 Å². The summed E-state index contributed by atoms with van der Waals surface area (Å²) in [6, 6.07) is 0. The summed E-state index contributed by atoms with van der Waals surface area (Å²) in [6.45, 7) is 2.91. The first-order valence-electron chi connectivity index (χ1n) is 8.74. The molecule has 1 saturated carbocycles. The molecule has 0 spiro atoms. The van der Waals surface area contributed by atoms with Crippen LogP contribution in [-0.2, 0) is 14.2 Å². The number of hydrogen-bond acceptors (Lipinski definition) is 3. The fourth-order valence-corrected chi connectivity index (χ4v) is 7.47. The highest BCUT2D eigenvalue weighted by molar-refractivity contribution is 6.61. The fourth-order valence-electron chi connectivity index (χ4n) is 4.06. The maximum atomic E-state index is 6.16. The van der Waals surface area contributed by atoms with Crippen molar-refractivity contribution in [2.24, 2.45) is 5.92 Å². The van der Waals surface area contributed by atoms with Gasteiger partial charge in [0.25, 0.3) is 0 Å². The second kappa shape index (κ2) is 7.92. The number of hydrogen-bond donors (Lipinski definition) is 0. The van der Waals surface area contributed by atoms with E-state index in [0.717, 1.165) is 32.0 Å². The van der Waals surface area contributed by atoms with E-state index in [0.29, 0.717) is 11.5 Å². The van der Waals surface area contributed by atoms with Crippen LogP contribution >= 0.6 is 0 Å². The highest BCUT2D eigenvalue weighted by Gasteiger charge is 2.36. The van der Waals surface area contributed by atoms with E-state index in [1.807, 2.05) is 0 Å². The van der Waals surface area contributed by atoms with E-state index in [-0.39, 0.29) is 0 Å². The molecule has 0 bridgehead atoms. The molecule has 2 saturated heterocycles. The van der Waals surface area contributed by atoms with Crippen molar-refractivity contribution in [3.05, 3.63) is 0 Å². The molecule has 20 heavy (non-hydrogen) atoms. The van der Waals surface area contributed by atoms with Crippen molar-refractivity contribution >= 4 is 8.80 Å². The molecule has 2 aliphatic heterocycles. The summed E-state index contributed by atoms with van der Waals surface area (Å²) in [5, 5.41) is 0. The molecule has 3 fully saturated rings. The normalized spacial score (nSPS) is 33.6. The Morgan fingerprint density at radius 3 is 2.00 bits per heavy atom. The van der Waals surface area contributed by atoms with Crippen molar-refractivity contribution in [3.63, 3.8) is 0 Å². The van der Waals surface area contributed by atoms with Crippen molar-refractivity contribution in [2.75, 3.05) is 26.1 Å². The quantitative estimate of drug-likeness (QED) is 0.706. The molecule has 0 radical (unpaired) electrons. The van der Waals surface area contributed by atoms with Crippen molar-refractivity contribution in [3.8, 4) is 0 Å². The van der Waals surface area contributed by atoms with E-state index in [9.17, 15) is 0 Å². The molecule has 116 valence electrons. The van der Waals surface area contributed by atoms with Gasteiger partial charge in [-0.1, -0.05) is 19.3 Å². The lowest BCUT2D eigenvalue weighted by Gasteiger charge is -2.28. The Balaban J connectivity index is 1.45. The Bertz CT molecular complexity index is 253. The third-order valence-corrected chi connectivity index (χ3v) is 8.86. The summed E-state index contributed by atoms with van der Waals surface area (Å²) in [7, 11) is -1.08. The summed E-state index contributed by atoms with van der Waals surface area (Å²) < 4.78 is 18.1. The van der Waals surface area contributed by atoms with E-state index in [2.05, 4.69) is 0 Å². The maximum absolute atomic E-state index is 6.16. The maximum Gasteiger partial charge on any atom is 0.134 e. The van der Waals surface area contributed by atoms with E-state index in [4.69, 9.17) is 14.2 Å². The molecule has 0 amide bonds. The Hall–Kier alpha value is 0.0969. The van der Waals surface area contributed by atoms with Crippen LogP contribution in [-0.4, -0.2) is 46.3 Å². The summed E-state index contributed by atoms with van der Waals surface area (Å²) in [4.78, 5) is 0. The third-order valence-electron chi connectivity index (χ3n) is 5.27. The van der Waals surface area contributed by atoms with Gasteiger partial charge in [-0.2, -0.15) is 0 Å². The first-order chi connectivity index (χ1) is 9.93. The van der Waals surface area contributed by atoms with Gasteiger partial charge in [0, 0.05) is 26.1 Å². The van der Waals surface area contributed by atoms with Crippen LogP contribution in [0.2, 0.25) is 0 Å². The molecule has 0 N–H and O–H groups in total. The number of ether oxygens (including phenoxy) is 3. The molecule has 3 rings (SSSR count). The van der Waals surface area contributed by atoms with Gasteiger partial charge >= 0.3 is 0 Å². The molecule has 0 aromatic rings. The fraction of sp³-hybridized carbons (Fsp3) is 1.00. The Morgan fingerprint density at radius 2 is 1.45 bits per heavy atom. The lowest BCUT2D eigenvalue weighted by molar-refractivity contribution is 0.0915. The zero-order valence-corrected chi connectivity index (χ0v) is 13.9. The van der Waals surface area contributed by atoms with Gasteiger partial charge in [0.05, 0.1) is 11.5 Å². The molecule has 0 aromatic carbocycles. The zero-order valence-electron chi connectivity index (χ0n) is 12.7. The monoisotopic (exact) mass is 298 g/mol. The van der Waals surface area contributed by atoms with Gasteiger partial charge < -0.3 is 14.2 Å². The zero-order chi connectivity index (χ0) is 13.6. The standard InChI is InChI=1S/C16H30O3Si/c1-2-6-14(7-3-1)12-17-13-20(15-8-4-10-18-15)16-9-5-11-19-16/h14-16,20H,1-13H2. The van der Waals surface area contributed by atoms with Gasteiger partial charge in [-0.3, -0.25) is 0 Å². The number of rotatable bonds is 6. The minimum atomic E-state index is -1.08. The average molecular weight is 298 g/mol. The van der Waals surface area contributed by atoms with Crippen LogP contribution in [0.5, 0.6) is 0 Å². The highest BCUT2D eigenvalue weighted by Crippen LogP contribution is 2.26. The van der Waals surface area contributed by atoms with Crippen LogP contribution in [0.4, 0.5) is 0 Å². The second-order valence-corrected chi connectivity index (χ2v) is 9.96. The van der Waals surface area contributed by atoms with Gasteiger partial charge in [-0.25, -0.2) is 0 Å². The van der Waals surface area contributed by atoms with Gasteiger partial charge in [0.15, 0.2) is 0 Å². The van der Waals surface area contributed by atoms with Crippen LogP contribution in [0.1, 0.15) is 57.8 Å². The van der Waals surface area contributed by atoms with Crippen molar-refractivity contribution in [1.82, 2.24) is 0 Å². The summed E-state index contributed by atoms with van der Waals surface area (Å²) >= 11 is 0. The van der Waals surface area contributed by atoms with Gasteiger partial charge in [0.2, 0.25) is 0 Å². The van der Waals surface area contributed by atoms with Crippen LogP contribution in [0, 0.1) is 5.92 Å². The van der Waals surface area contributed by atoms with Gasteiger partial charge in [-0.15, -0.1) is 0 Å². The van der Waals surface area contributed by atoms with Crippen LogP contribution < -0.4 is 0 Å². The molecule has 3 aliphatic rings. The lowest BCUT2D eigenvalue weighted by atomic mass is 9.90. The summed E-state index contributed by atoms with van der Waals surface area (Å²) in [6.07, 6.45) is 13.0. The molecule has 3 nitrogen and oxygen atoms in total. The Morgan fingerprint density at radius 1 is 0.800 bits per heavy atom. The summed E-state index contributed by atoms with van der Waals surface area (Å²) in [5.74, 6) is 0.826. The minimum absolute atomic E-state index is 0.518. The van der Waals surface area contributed by atoms with Gasteiger partial charge in [-0.05, 0) is 44.4 Å². The van der Waals surface area contributed by atoms with E-state index in [1.54, 1.807) is 0 Å². The average Bonchev–Trinajstić information content (AvgIpc) is 3.18. The van der Waals surface area contributed by atoms with Gasteiger partial charge in [0.1, 0.15) is 8.80 Å². The lowest BCUT2D eigenvalue weighted by Crippen LogP contribution is -2.46. The molecule has 0 aromatic heterocycles. The molecule has 4 heteroatoms. The predicted octanol–water partition coefficient (Wildman–Crippen LogP) is 2.79. The first-order valence-corrected chi connectivity index (χ1v) is 10.9. The smallest absolute Gasteiger partial charge is 0.134 e. The van der Waals surface area contributed by atoms with E-state index < -0.39 is 8.80 Å². The van der Waals surface area contributed by atoms with Crippen LogP contribution in [0.3, 0.4) is 0 Å². The SMILES string of the molecule is C1CCC(COC[SiH](C2CCCO2)C2CCCO2)CC1. The van der Waals surface area contributed by atoms with Crippen molar-refractivity contribution in [1.29, 1.82) is 0 Å². The predicted molar refractivity (Wildman–Crippen MR) is 82.5 cm³/mol. The van der Waals surface area contributed by atoms with Crippen LogP contribution in [0.25, 0.3) is 0 Å². The molecular formula is C16H30O3Si. The third kappa shape index (κ3) is 4.06. The minimum Gasteiger partial charge on any atom is -0.385 e.